The molecule has 0 aromatic carbocycles. The number of carboxylic acids is 1. The van der Waals surface area contributed by atoms with Crippen molar-refractivity contribution in [3.63, 3.8) is 0 Å². The van der Waals surface area contributed by atoms with Crippen LogP contribution in [0.4, 0.5) is 0 Å². The van der Waals surface area contributed by atoms with Gasteiger partial charge in [-0.1, -0.05) is 46.4 Å². The molecule has 5 nitrogen and oxygen atoms in total. The lowest BCUT2D eigenvalue weighted by Crippen LogP contribution is -2.21. The van der Waals surface area contributed by atoms with E-state index in [1.807, 2.05) is 0 Å². The summed E-state index contributed by atoms with van der Waals surface area (Å²) in [5, 5.41) is 17.9. The summed E-state index contributed by atoms with van der Waals surface area (Å²) in [6, 6.07) is 0. The molecule has 6 heteroatoms. The van der Waals surface area contributed by atoms with E-state index >= 15 is 0 Å². The Balaban J connectivity index is 2.88. The number of aliphatic carboxylic acids is 1. The average Bonchev–Trinajstić information content (AvgIpc) is 2.69. The summed E-state index contributed by atoms with van der Waals surface area (Å²) in [5.74, 6) is 0.642. The van der Waals surface area contributed by atoms with Crippen LogP contribution in [-0.4, -0.2) is 31.6 Å². The van der Waals surface area contributed by atoms with Gasteiger partial charge in [-0.25, -0.2) is 0 Å². The molecule has 1 aromatic rings. The number of aromatic nitrogens is 3. The maximum Gasteiger partial charge on any atom is 0.313 e. The van der Waals surface area contributed by atoms with Crippen molar-refractivity contribution in [3.8, 4) is 0 Å². The van der Waals surface area contributed by atoms with E-state index in [-0.39, 0.29) is 11.2 Å². The van der Waals surface area contributed by atoms with Crippen molar-refractivity contribution in [1.82, 2.24) is 14.8 Å². The fourth-order valence-corrected chi connectivity index (χ4v) is 2.43. The van der Waals surface area contributed by atoms with E-state index in [9.17, 15) is 4.79 Å². The Bertz CT molecular complexity index is 452. The van der Waals surface area contributed by atoms with Crippen molar-refractivity contribution in [2.75, 3.05) is 5.75 Å². The van der Waals surface area contributed by atoms with Crippen LogP contribution in [0, 0.1) is 11.3 Å². The van der Waals surface area contributed by atoms with Gasteiger partial charge in [-0.3, -0.25) is 4.79 Å². The third-order valence-corrected chi connectivity index (χ3v) is 4.48. The zero-order valence-electron chi connectivity index (χ0n) is 13.0. The monoisotopic (exact) mass is 299 g/mol. The van der Waals surface area contributed by atoms with Crippen molar-refractivity contribution in [2.24, 2.45) is 11.3 Å². The van der Waals surface area contributed by atoms with Gasteiger partial charge in [0.25, 0.3) is 0 Å². The molecule has 0 aliphatic carbocycles. The topological polar surface area (TPSA) is 68.0 Å². The second-order valence-corrected chi connectivity index (χ2v) is 7.15. The third kappa shape index (κ3) is 4.81. The van der Waals surface area contributed by atoms with Gasteiger partial charge in [0.05, 0.1) is 5.75 Å². The minimum absolute atomic E-state index is 0.0245. The van der Waals surface area contributed by atoms with E-state index < -0.39 is 5.97 Å². The van der Waals surface area contributed by atoms with Gasteiger partial charge in [-0.15, -0.1) is 10.2 Å². The molecule has 1 unspecified atom stereocenters. The number of carbonyl (C=O) groups is 1. The fraction of sp³-hybridized carbons (Fsp3) is 0.786. The minimum atomic E-state index is -0.828. The summed E-state index contributed by atoms with van der Waals surface area (Å²) in [6.45, 7) is 11.8. The Hall–Kier alpha value is -1.04. The summed E-state index contributed by atoms with van der Waals surface area (Å²) in [7, 11) is 0. The van der Waals surface area contributed by atoms with Gasteiger partial charge in [-0.05, 0) is 17.8 Å². The normalized spacial score (nSPS) is 13.4. The van der Waals surface area contributed by atoms with Crippen molar-refractivity contribution >= 4 is 17.7 Å². The molecule has 0 saturated carbocycles. The van der Waals surface area contributed by atoms with E-state index in [1.54, 1.807) is 0 Å². The Morgan fingerprint density at radius 3 is 2.55 bits per heavy atom. The molecule has 0 bridgehead atoms. The Labute approximate surface area is 125 Å². The molecule has 1 atom stereocenters. The molecule has 1 aromatic heterocycles. The second kappa shape index (κ2) is 7.11. The van der Waals surface area contributed by atoms with E-state index in [2.05, 4.69) is 49.4 Å². The highest BCUT2D eigenvalue weighted by molar-refractivity contribution is 7.99. The molecule has 0 fully saturated rings. The van der Waals surface area contributed by atoms with Gasteiger partial charge in [0.15, 0.2) is 5.16 Å². The smallest absolute Gasteiger partial charge is 0.313 e. The molecule has 1 rings (SSSR count). The maximum absolute atomic E-state index is 10.7. The van der Waals surface area contributed by atoms with Crippen LogP contribution in [0.2, 0.25) is 0 Å². The highest BCUT2D eigenvalue weighted by Crippen LogP contribution is 2.29. The maximum atomic E-state index is 10.7. The fourth-order valence-electron chi connectivity index (χ4n) is 1.73. The van der Waals surface area contributed by atoms with Crippen LogP contribution >= 0.6 is 11.8 Å². The number of hydrogen-bond acceptors (Lipinski definition) is 4. The lowest BCUT2D eigenvalue weighted by molar-refractivity contribution is -0.133. The zero-order valence-corrected chi connectivity index (χ0v) is 13.8. The number of thioether (sulfide) groups is 1. The minimum Gasteiger partial charge on any atom is -0.481 e. The first-order chi connectivity index (χ1) is 9.25. The Morgan fingerprint density at radius 2 is 2.05 bits per heavy atom. The molecule has 0 radical (unpaired) electrons. The lowest BCUT2D eigenvalue weighted by Gasteiger charge is -2.27. The first-order valence-corrected chi connectivity index (χ1v) is 8.01. The molecule has 1 N–H and O–H groups in total. The second-order valence-electron chi connectivity index (χ2n) is 6.20. The molecular weight excluding hydrogens is 274 g/mol. The molecule has 0 saturated heterocycles. The number of carboxylic acid groups (broad SMARTS) is 1. The van der Waals surface area contributed by atoms with Gasteiger partial charge < -0.3 is 9.67 Å². The predicted molar refractivity (Wildman–Crippen MR) is 81.0 cm³/mol. The first kappa shape index (κ1) is 17.0. The highest BCUT2D eigenvalue weighted by Gasteiger charge is 2.23. The van der Waals surface area contributed by atoms with Crippen molar-refractivity contribution < 1.29 is 9.90 Å². The number of hydrogen-bond donors (Lipinski definition) is 1. The zero-order chi connectivity index (χ0) is 15.3. The number of nitrogens with zero attached hydrogens (tertiary/aromatic N) is 3. The van der Waals surface area contributed by atoms with Crippen molar-refractivity contribution in [1.29, 1.82) is 0 Å². The van der Waals surface area contributed by atoms with Crippen LogP contribution in [0.15, 0.2) is 5.16 Å². The number of rotatable bonds is 7. The molecule has 1 heterocycles. The van der Waals surface area contributed by atoms with Crippen LogP contribution in [0.3, 0.4) is 0 Å². The van der Waals surface area contributed by atoms with E-state index in [1.165, 1.54) is 11.8 Å². The quantitative estimate of drug-likeness (QED) is 0.784. The van der Waals surface area contributed by atoms with Gasteiger partial charge in [-0.2, -0.15) is 0 Å². The first-order valence-electron chi connectivity index (χ1n) is 7.02. The molecular formula is C14H25N3O2S. The lowest BCUT2D eigenvalue weighted by atomic mass is 9.80. The largest absolute Gasteiger partial charge is 0.481 e. The summed E-state index contributed by atoms with van der Waals surface area (Å²) in [5.41, 5.74) is 0.220. The standard InChI is InChI=1S/C14H25N3O2S/c1-6-7-17-11(8-10(2)14(3,4)5)15-16-13(17)20-9-12(18)19/h10H,6-9H2,1-5H3,(H,18,19). The van der Waals surface area contributed by atoms with Crippen molar-refractivity contribution in [2.45, 2.75) is 59.2 Å². The summed E-state index contributed by atoms with van der Waals surface area (Å²) >= 11 is 1.24. The summed E-state index contributed by atoms with van der Waals surface area (Å²) in [4.78, 5) is 10.7. The summed E-state index contributed by atoms with van der Waals surface area (Å²) in [6.07, 6.45) is 1.85. The Morgan fingerprint density at radius 1 is 1.40 bits per heavy atom. The molecule has 0 amide bonds. The van der Waals surface area contributed by atoms with Crippen molar-refractivity contribution in [3.05, 3.63) is 5.82 Å². The van der Waals surface area contributed by atoms with Crippen LogP contribution in [-0.2, 0) is 17.8 Å². The van der Waals surface area contributed by atoms with Gasteiger partial charge >= 0.3 is 5.97 Å². The molecule has 0 spiro atoms. The Kier molecular flexibility index (Phi) is 6.05. The SMILES string of the molecule is CCCn1c(CC(C)C(C)(C)C)nnc1SCC(=O)O. The van der Waals surface area contributed by atoms with Crippen LogP contribution in [0.25, 0.3) is 0 Å². The third-order valence-electron chi connectivity index (χ3n) is 3.53. The van der Waals surface area contributed by atoms with E-state index in [4.69, 9.17) is 5.11 Å². The average molecular weight is 299 g/mol. The van der Waals surface area contributed by atoms with Gasteiger partial charge in [0, 0.05) is 13.0 Å². The molecule has 0 aliphatic rings. The van der Waals surface area contributed by atoms with Crippen LogP contribution in [0.1, 0.15) is 46.9 Å². The van der Waals surface area contributed by atoms with E-state index in [0.717, 1.165) is 25.2 Å². The molecule has 0 aliphatic heterocycles. The van der Waals surface area contributed by atoms with Crippen LogP contribution in [0.5, 0.6) is 0 Å². The molecule has 114 valence electrons. The predicted octanol–water partition coefficient (Wildman–Crippen LogP) is 3.09. The summed E-state index contributed by atoms with van der Waals surface area (Å²) < 4.78 is 2.07. The highest BCUT2D eigenvalue weighted by atomic mass is 32.2. The molecule has 20 heavy (non-hydrogen) atoms. The van der Waals surface area contributed by atoms with Gasteiger partial charge in [0.1, 0.15) is 5.82 Å². The van der Waals surface area contributed by atoms with Gasteiger partial charge in [0.2, 0.25) is 0 Å². The van der Waals surface area contributed by atoms with Crippen LogP contribution < -0.4 is 0 Å². The van der Waals surface area contributed by atoms with E-state index in [0.29, 0.717) is 11.1 Å².